The lowest BCUT2D eigenvalue weighted by Crippen LogP contribution is -2.47. The molecule has 164 valence electrons. The number of carbonyl (C=O) groups is 1. The number of fused-ring (bicyclic) bond motifs is 3. The summed E-state index contributed by atoms with van der Waals surface area (Å²) >= 11 is 0. The van der Waals surface area contributed by atoms with Crippen LogP contribution in [0, 0.1) is 0 Å². The van der Waals surface area contributed by atoms with E-state index >= 15 is 0 Å². The molecule has 0 aliphatic carbocycles. The van der Waals surface area contributed by atoms with Gasteiger partial charge in [0.2, 0.25) is 0 Å². The first-order chi connectivity index (χ1) is 15.7. The Morgan fingerprint density at radius 1 is 1.16 bits per heavy atom. The molecule has 6 rings (SSSR count). The molecule has 8 heteroatoms. The van der Waals surface area contributed by atoms with E-state index in [1.807, 2.05) is 29.2 Å². The van der Waals surface area contributed by atoms with E-state index in [9.17, 15) is 9.59 Å². The first-order valence-corrected chi connectivity index (χ1v) is 11.1. The summed E-state index contributed by atoms with van der Waals surface area (Å²) in [6, 6.07) is 11.7. The number of carbonyl (C=O) groups excluding carboxylic acids is 1. The van der Waals surface area contributed by atoms with Crippen LogP contribution >= 0.6 is 0 Å². The predicted molar refractivity (Wildman–Crippen MR) is 118 cm³/mol. The number of amides is 1. The second-order valence-electron chi connectivity index (χ2n) is 8.63. The molecule has 2 fully saturated rings. The lowest BCUT2D eigenvalue weighted by Gasteiger charge is -2.25. The summed E-state index contributed by atoms with van der Waals surface area (Å²) in [7, 11) is 0. The molecule has 0 saturated carbocycles. The number of nitrogens with zero attached hydrogens (tertiary/aromatic N) is 2. The van der Waals surface area contributed by atoms with Crippen LogP contribution in [0.25, 0.3) is 10.8 Å². The SMILES string of the molecule is O=C(c1cc(Cc2n[nH]c(=O)c3ccccc23)cc2c1OCC2)N1CC2NCCOC2C1. The molecule has 3 aliphatic rings. The van der Waals surface area contributed by atoms with Crippen molar-refractivity contribution in [3.63, 3.8) is 0 Å². The van der Waals surface area contributed by atoms with E-state index in [-0.39, 0.29) is 23.6 Å². The molecule has 8 nitrogen and oxygen atoms in total. The van der Waals surface area contributed by atoms with Crippen molar-refractivity contribution >= 4 is 16.7 Å². The van der Waals surface area contributed by atoms with Gasteiger partial charge in [0.25, 0.3) is 11.5 Å². The van der Waals surface area contributed by atoms with Gasteiger partial charge in [-0.15, -0.1) is 0 Å². The van der Waals surface area contributed by atoms with Crippen molar-refractivity contribution in [3.05, 3.63) is 69.1 Å². The molecular weight excluding hydrogens is 408 g/mol. The summed E-state index contributed by atoms with van der Waals surface area (Å²) in [6.45, 7) is 3.29. The molecule has 3 aromatic rings. The maximum absolute atomic E-state index is 13.5. The number of H-pyrrole nitrogens is 1. The summed E-state index contributed by atoms with van der Waals surface area (Å²) in [5.74, 6) is 0.672. The Hall–Kier alpha value is -3.23. The van der Waals surface area contributed by atoms with Crippen LogP contribution in [-0.2, 0) is 17.6 Å². The van der Waals surface area contributed by atoms with E-state index in [1.54, 1.807) is 6.07 Å². The van der Waals surface area contributed by atoms with Crippen molar-refractivity contribution < 1.29 is 14.3 Å². The van der Waals surface area contributed by atoms with Crippen molar-refractivity contribution in [2.45, 2.75) is 25.0 Å². The first kappa shape index (κ1) is 19.5. The molecule has 3 aliphatic heterocycles. The molecule has 2 N–H and O–H groups in total. The fourth-order valence-corrected chi connectivity index (χ4v) is 5.06. The Morgan fingerprint density at radius 3 is 2.91 bits per heavy atom. The summed E-state index contributed by atoms with van der Waals surface area (Å²) in [4.78, 5) is 27.5. The van der Waals surface area contributed by atoms with Crippen LogP contribution in [0.1, 0.15) is 27.2 Å². The highest BCUT2D eigenvalue weighted by Gasteiger charge is 2.39. The van der Waals surface area contributed by atoms with Gasteiger partial charge < -0.3 is 19.7 Å². The first-order valence-electron chi connectivity index (χ1n) is 11.1. The minimum Gasteiger partial charge on any atom is -0.492 e. The molecule has 4 heterocycles. The molecule has 0 radical (unpaired) electrons. The number of hydrogen-bond acceptors (Lipinski definition) is 6. The van der Waals surface area contributed by atoms with E-state index in [1.165, 1.54) is 0 Å². The second-order valence-corrected chi connectivity index (χ2v) is 8.63. The van der Waals surface area contributed by atoms with Crippen molar-refractivity contribution in [1.82, 2.24) is 20.4 Å². The number of rotatable bonds is 3. The van der Waals surface area contributed by atoms with Gasteiger partial charge in [-0.05, 0) is 23.3 Å². The van der Waals surface area contributed by atoms with Gasteiger partial charge in [0.15, 0.2) is 0 Å². The molecule has 2 aromatic carbocycles. The Bertz CT molecular complexity index is 1260. The van der Waals surface area contributed by atoms with Gasteiger partial charge >= 0.3 is 0 Å². The predicted octanol–water partition coefficient (Wildman–Crippen LogP) is 1.26. The van der Waals surface area contributed by atoms with Gasteiger partial charge in [-0.3, -0.25) is 9.59 Å². The summed E-state index contributed by atoms with van der Waals surface area (Å²) in [5, 5.41) is 11.8. The third kappa shape index (κ3) is 3.27. The standard InChI is InChI=1S/C24H24N4O4/c29-23-17-4-2-1-3-16(17)19(26-27-23)11-14-9-15-5-7-32-22(15)18(10-14)24(30)28-12-20-21(13-28)31-8-6-25-20/h1-4,9-10,20-21,25H,5-8,11-13H2,(H,27,29). The maximum atomic E-state index is 13.5. The van der Waals surface area contributed by atoms with Crippen LogP contribution in [0.2, 0.25) is 0 Å². The molecule has 2 saturated heterocycles. The molecule has 1 amide bonds. The molecule has 0 bridgehead atoms. The average molecular weight is 432 g/mol. The maximum Gasteiger partial charge on any atom is 0.272 e. The number of nitrogens with one attached hydrogen (secondary N) is 2. The highest BCUT2D eigenvalue weighted by molar-refractivity contribution is 5.98. The molecule has 2 atom stereocenters. The van der Waals surface area contributed by atoms with Crippen molar-refractivity contribution in [2.24, 2.45) is 0 Å². The fourth-order valence-electron chi connectivity index (χ4n) is 5.06. The molecule has 1 aromatic heterocycles. The molecule has 2 unspecified atom stereocenters. The van der Waals surface area contributed by atoms with Gasteiger partial charge in [-0.25, -0.2) is 5.10 Å². The van der Waals surface area contributed by atoms with Crippen LogP contribution < -0.4 is 15.6 Å². The van der Waals surface area contributed by atoms with Gasteiger partial charge in [0.05, 0.1) is 42.0 Å². The third-order valence-electron chi connectivity index (χ3n) is 6.61. The smallest absolute Gasteiger partial charge is 0.272 e. The Labute approximate surface area is 184 Å². The number of benzene rings is 2. The average Bonchev–Trinajstić information content (AvgIpc) is 3.47. The summed E-state index contributed by atoms with van der Waals surface area (Å²) in [6.07, 6.45) is 1.33. The lowest BCUT2D eigenvalue weighted by atomic mass is 9.98. The number of morpholine rings is 1. The van der Waals surface area contributed by atoms with Crippen LogP contribution in [0.3, 0.4) is 0 Å². The third-order valence-corrected chi connectivity index (χ3v) is 6.61. The van der Waals surface area contributed by atoms with E-state index < -0.39 is 0 Å². The Kier molecular flexibility index (Phi) is 4.69. The number of aromatic nitrogens is 2. The fraction of sp³-hybridized carbons (Fsp3) is 0.375. The summed E-state index contributed by atoms with van der Waals surface area (Å²) < 4.78 is 11.7. The van der Waals surface area contributed by atoms with E-state index in [2.05, 4.69) is 21.6 Å². The van der Waals surface area contributed by atoms with Gasteiger partial charge in [-0.1, -0.05) is 24.3 Å². The molecule has 32 heavy (non-hydrogen) atoms. The van der Waals surface area contributed by atoms with E-state index in [4.69, 9.17) is 9.47 Å². The van der Waals surface area contributed by atoms with Gasteiger partial charge in [0.1, 0.15) is 5.75 Å². The highest BCUT2D eigenvalue weighted by Crippen LogP contribution is 2.34. The largest absolute Gasteiger partial charge is 0.492 e. The highest BCUT2D eigenvalue weighted by atomic mass is 16.5. The van der Waals surface area contributed by atoms with Crippen molar-refractivity contribution in [3.8, 4) is 5.75 Å². The monoisotopic (exact) mass is 432 g/mol. The number of likely N-dealkylation sites (tertiary alicyclic amines) is 1. The topological polar surface area (TPSA) is 96.5 Å². The van der Waals surface area contributed by atoms with Gasteiger partial charge in [-0.2, -0.15) is 5.10 Å². The Balaban J connectivity index is 1.35. The van der Waals surface area contributed by atoms with E-state index in [0.29, 0.717) is 49.4 Å². The van der Waals surface area contributed by atoms with Crippen molar-refractivity contribution in [2.75, 3.05) is 32.8 Å². The zero-order chi connectivity index (χ0) is 21.7. The van der Waals surface area contributed by atoms with E-state index in [0.717, 1.165) is 35.2 Å². The zero-order valence-electron chi connectivity index (χ0n) is 17.6. The second kappa shape index (κ2) is 7.72. The number of aromatic amines is 1. The minimum atomic E-state index is -0.200. The number of hydrogen-bond donors (Lipinski definition) is 2. The molecular formula is C24H24N4O4. The summed E-state index contributed by atoms with van der Waals surface area (Å²) in [5.41, 5.74) is 3.21. The van der Waals surface area contributed by atoms with Gasteiger partial charge in [0, 0.05) is 37.9 Å². The quantitative estimate of drug-likeness (QED) is 0.647. The van der Waals surface area contributed by atoms with Crippen molar-refractivity contribution in [1.29, 1.82) is 0 Å². The zero-order valence-corrected chi connectivity index (χ0v) is 17.6. The minimum absolute atomic E-state index is 0.0240. The van der Waals surface area contributed by atoms with Crippen LogP contribution in [0.15, 0.2) is 41.2 Å². The van der Waals surface area contributed by atoms with Crippen LogP contribution in [-0.4, -0.2) is 66.0 Å². The molecule has 0 spiro atoms. The number of ether oxygens (including phenoxy) is 2. The Morgan fingerprint density at radius 2 is 2.03 bits per heavy atom. The van der Waals surface area contributed by atoms with Crippen LogP contribution in [0.4, 0.5) is 0 Å². The lowest BCUT2D eigenvalue weighted by molar-refractivity contribution is 0.0176. The van der Waals surface area contributed by atoms with Crippen LogP contribution in [0.5, 0.6) is 5.75 Å². The normalized spacial score (nSPS) is 21.9.